The number of rotatable bonds is 9. The zero-order valence-corrected chi connectivity index (χ0v) is 25.8. The molecule has 9 nitrogen and oxygen atoms in total. The largest absolute Gasteiger partial charge is 0.496 e. The number of carbonyl (C=O) groups is 1. The van der Waals surface area contributed by atoms with Crippen LogP contribution in [0.3, 0.4) is 0 Å². The van der Waals surface area contributed by atoms with E-state index in [2.05, 4.69) is 20.9 Å². The number of thiazole rings is 1. The van der Waals surface area contributed by atoms with Crippen molar-refractivity contribution in [3.63, 3.8) is 0 Å². The summed E-state index contributed by atoms with van der Waals surface area (Å²) in [5.74, 6) is 1.65. The molecule has 0 fully saturated rings. The Bertz CT molecular complexity index is 1660. The molecule has 0 saturated carbocycles. The van der Waals surface area contributed by atoms with Crippen molar-refractivity contribution in [2.75, 3.05) is 27.9 Å². The summed E-state index contributed by atoms with van der Waals surface area (Å²) in [4.78, 5) is 32.3. The second-order valence-electron chi connectivity index (χ2n) is 9.11. The predicted molar refractivity (Wildman–Crippen MR) is 156 cm³/mol. The number of benzene rings is 2. The van der Waals surface area contributed by atoms with Crippen molar-refractivity contribution in [3.05, 3.63) is 76.9 Å². The van der Waals surface area contributed by atoms with E-state index in [9.17, 15) is 9.59 Å². The third-order valence-electron chi connectivity index (χ3n) is 6.17. The minimum Gasteiger partial charge on any atom is -0.496 e. The zero-order chi connectivity index (χ0) is 29.1. The molecule has 0 saturated heterocycles. The molecule has 1 aromatic heterocycles. The predicted octanol–water partition coefficient (Wildman–Crippen LogP) is 4.37. The highest BCUT2D eigenvalue weighted by molar-refractivity contribution is 9.10. The molecule has 3 aromatic rings. The highest BCUT2D eigenvalue weighted by Crippen LogP contribution is 2.37. The summed E-state index contributed by atoms with van der Waals surface area (Å²) in [6.45, 7) is 7.51. The molecular weight excluding hydrogens is 600 g/mol. The summed E-state index contributed by atoms with van der Waals surface area (Å²) in [6, 6.07) is 8.16. The average Bonchev–Trinajstić information content (AvgIpc) is 3.22. The van der Waals surface area contributed by atoms with E-state index in [0.717, 1.165) is 0 Å². The molecule has 1 aliphatic heterocycles. The van der Waals surface area contributed by atoms with E-state index in [1.165, 1.54) is 15.9 Å². The third kappa shape index (κ3) is 5.66. The van der Waals surface area contributed by atoms with Crippen LogP contribution in [0.5, 0.6) is 23.0 Å². The molecule has 40 heavy (non-hydrogen) atoms. The van der Waals surface area contributed by atoms with Crippen LogP contribution in [0, 0.1) is 0 Å². The summed E-state index contributed by atoms with van der Waals surface area (Å²) in [6.07, 6.45) is 1.68. The van der Waals surface area contributed by atoms with E-state index in [1.807, 2.05) is 26.0 Å². The van der Waals surface area contributed by atoms with Gasteiger partial charge in [0.1, 0.15) is 11.5 Å². The molecule has 0 bridgehead atoms. The van der Waals surface area contributed by atoms with Crippen LogP contribution in [0.25, 0.3) is 6.08 Å². The molecule has 0 N–H and O–H groups in total. The number of carbonyl (C=O) groups excluding carboxylic acids is 1. The van der Waals surface area contributed by atoms with Gasteiger partial charge in [0.2, 0.25) is 0 Å². The number of nitrogens with zero attached hydrogens (tertiary/aromatic N) is 2. The first-order valence-electron chi connectivity index (χ1n) is 12.6. The Morgan fingerprint density at radius 1 is 1.07 bits per heavy atom. The van der Waals surface area contributed by atoms with Crippen LogP contribution < -0.4 is 33.8 Å². The zero-order valence-electron chi connectivity index (χ0n) is 23.4. The number of fused-ring (bicyclic) bond motifs is 1. The van der Waals surface area contributed by atoms with Crippen molar-refractivity contribution in [2.24, 2.45) is 4.99 Å². The summed E-state index contributed by atoms with van der Waals surface area (Å²) in [7, 11) is 4.67. The van der Waals surface area contributed by atoms with Crippen LogP contribution in [0.15, 0.2) is 55.9 Å². The van der Waals surface area contributed by atoms with Gasteiger partial charge in [0.15, 0.2) is 16.3 Å². The number of hydrogen-bond acceptors (Lipinski definition) is 9. The van der Waals surface area contributed by atoms with Crippen molar-refractivity contribution in [3.8, 4) is 23.0 Å². The lowest BCUT2D eigenvalue weighted by Gasteiger charge is -2.25. The Labute approximate surface area is 244 Å². The molecule has 0 amide bonds. The lowest BCUT2D eigenvalue weighted by Crippen LogP contribution is -2.40. The topological polar surface area (TPSA) is 97.6 Å². The minimum atomic E-state index is -0.788. The molecular formula is C29H31BrN2O7S. The molecule has 11 heteroatoms. The summed E-state index contributed by atoms with van der Waals surface area (Å²) in [5, 5.41) is 0. The first-order chi connectivity index (χ1) is 19.1. The SMILES string of the molecule is CCOC(=O)C1=C(C)N=c2s/c(=C\c3cc(Br)c(OC)cc3OC)c(=O)n2[C@H]1c1ccc(OC(C)C)c(OC)c1. The summed E-state index contributed by atoms with van der Waals surface area (Å²) in [5.41, 5.74) is 1.78. The molecule has 2 heterocycles. The van der Waals surface area contributed by atoms with Gasteiger partial charge in [-0.2, -0.15) is 0 Å². The molecule has 0 unspecified atom stereocenters. The maximum atomic E-state index is 14.0. The molecule has 0 spiro atoms. The van der Waals surface area contributed by atoms with Crippen LogP contribution >= 0.6 is 27.3 Å². The average molecular weight is 632 g/mol. The standard InChI is InChI=1S/C29H31BrN2O7S/c1-8-38-28(34)25-16(4)31-29-32(26(25)17-9-10-20(39-15(2)3)23(12-17)37-7)27(33)24(40-29)13-18-11-19(30)22(36-6)14-21(18)35-5/h9-15,26H,8H2,1-7H3/b24-13-/t26-/m0/s1. The van der Waals surface area contributed by atoms with Crippen molar-refractivity contribution >= 4 is 39.3 Å². The van der Waals surface area contributed by atoms with Gasteiger partial charge in [-0.1, -0.05) is 17.4 Å². The van der Waals surface area contributed by atoms with Crippen molar-refractivity contribution in [2.45, 2.75) is 39.8 Å². The van der Waals surface area contributed by atoms with E-state index in [-0.39, 0.29) is 23.8 Å². The van der Waals surface area contributed by atoms with Crippen molar-refractivity contribution < 1.29 is 28.5 Å². The number of hydrogen-bond donors (Lipinski definition) is 0. The number of esters is 1. The lowest BCUT2D eigenvalue weighted by molar-refractivity contribution is -0.139. The fourth-order valence-electron chi connectivity index (χ4n) is 4.45. The van der Waals surface area contributed by atoms with E-state index in [0.29, 0.717) is 53.6 Å². The molecule has 1 atom stereocenters. The number of allylic oxidation sites excluding steroid dienone is 1. The molecule has 2 aromatic carbocycles. The van der Waals surface area contributed by atoms with Gasteiger partial charge < -0.3 is 23.7 Å². The number of ether oxygens (including phenoxy) is 5. The Morgan fingerprint density at radius 3 is 2.40 bits per heavy atom. The Balaban J connectivity index is 1.96. The molecule has 1 aliphatic rings. The van der Waals surface area contributed by atoms with Gasteiger partial charge in [-0.25, -0.2) is 9.79 Å². The first-order valence-corrected chi connectivity index (χ1v) is 14.2. The van der Waals surface area contributed by atoms with Gasteiger partial charge in [-0.05, 0) is 73.5 Å². The lowest BCUT2D eigenvalue weighted by atomic mass is 9.95. The monoisotopic (exact) mass is 630 g/mol. The van der Waals surface area contributed by atoms with Gasteiger partial charge in [-0.3, -0.25) is 9.36 Å². The number of methoxy groups -OCH3 is 3. The molecule has 0 aliphatic carbocycles. The van der Waals surface area contributed by atoms with Crippen LogP contribution in [0.4, 0.5) is 0 Å². The van der Waals surface area contributed by atoms with E-state index in [4.69, 9.17) is 23.7 Å². The quantitative estimate of drug-likeness (QED) is 0.324. The highest BCUT2D eigenvalue weighted by Gasteiger charge is 2.34. The highest BCUT2D eigenvalue weighted by atomic mass is 79.9. The summed E-state index contributed by atoms with van der Waals surface area (Å²) < 4.78 is 30.5. The van der Waals surface area contributed by atoms with Gasteiger partial charge in [0, 0.05) is 11.6 Å². The van der Waals surface area contributed by atoms with Crippen LogP contribution in [-0.2, 0) is 9.53 Å². The molecule has 4 rings (SSSR count). The minimum absolute atomic E-state index is 0.0652. The number of aromatic nitrogens is 1. The maximum absolute atomic E-state index is 14.0. The second kappa shape index (κ2) is 12.3. The van der Waals surface area contributed by atoms with Crippen LogP contribution in [-0.4, -0.2) is 44.6 Å². The Morgan fingerprint density at radius 2 is 1.77 bits per heavy atom. The van der Waals surface area contributed by atoms with E-state index >= 15 is 0 Å². The Hall–Kier alpha value is -3.57. The molecule has 212 valence electrons. The Kier molecular flexibility index (Phi) is 9.05. The first kappa shape index (κ1) is 29.4. The van der Waals surface area contributed by atoms with E-state index < -0.39 is 12.0 Å². The fraction of sp³-hybridized carbons (Fsp3) is 0.345. The summed E-state index contributed by atoms with van der Waals surface area (Å²) >= 11 is 4.73. The van der Waals surface area contributed by atoms with Gasteiger partial charge in [0.05, 0.1) is 60.4 Å². The fourth-order valence-corrected chi connectivity index (χ4v) is 6.01. The second-order valence-corrected chi connectivity index (χ2v) is 11.0. The normalized spacial score (nSPS) is 15.0. The molecule has 0 radical (unpaired) electrons. The van der Waals surface area contributed by atoms with Gasteiger partial charge in [-0.15, -0.1) is 0 Å². The van der Waals surface area contributed by atoms with Crippen LogP contribution in [0.1, 0.15) is 44.9 Å². The van der Waals surface area contributed by atoms with E-state index in [1.54, 1.807) is 59.5 Å². The van der Waals surface area contributed by atoms with Crippen LogP contribution in [0.2, 0.25) is 0 Å². The smallest absolute Gasteiger partial charge is 0.338 e. The maximum Gasteiger partial charge on any atom is 0.338 e. The van der Waals surface area contributed by atoms with Gasteiger partial charge >= 0.3 is 5.97 Å². The van der Waals surface area contributed by atoms with Gasteiger partial charge in [0.25, 0.3) is 5.56 Å². The van der Waals surface area contributed by atoms with Crippen molar-refractivity contribution in [1.29, 1.82) is 0 Å². The van der Waals surface area contributed by atoms with Crippen molar-refractivity contribution in [1.82, 2.24) is 4.57 Å². The number of halogens is 1. The third-order valence-corrected chi connectivity index (χ3v) is 7.78.